The van der Waals surface area contributed by atoms with Gasteiger partial charge in [-0.25, -0.2) is 4.90 Å². The maximum absolute atomic E-state index is 13.4. The van der Waals surface area contributed by atoms with Crippen molar-refractivity contribution >= 4 is 17.7 Å². The predicted octanol–water partition coefficient (Wildman–Crippen LogP) is 2.75. The monoisotopic (exact) mass is 467 g/mol. The van der Waals surface area contributed by atoms with Gasteiger partial charge in [0, 0.05) is 31.0 Å². The highest BCUT2D eigenvalue weighted by atomic mass is 16.5. The topological polar surface area (TPSA) is 111 Å². The van der Waals surface area contributed by atoms with Crippen molar-refractivity contribution in [3.63, 3.8) is 0 Å². The molecule has 0 saturated heterocycles. The lowest BCUT2D eigenvalue weighted by atomic mass is 10.0. The molecule has 8 heteroatoms. The fourth-order valence-corrected chi connectivity index (χ4v) is 3.50. The van der Waals surface area contributed by atoms with E-state index in [1.165, 1.54) is 12.1 Å². The molecule has 0 aliphatic carbocycles. The van der Waals surface area contributed by atoms with Crippen LogP contribution in [0.1, 0.15) is 43.1 Å². The number of ether oxygens (including phenoxy) is 2. The van der Waals surface area contributed by atoms with Crippen LogP contribution in [-0.4, -0.2) is 48.4 Å². The van der Waals surface area contributed by atoms with Crippen LogP contribution in [0, 0.1) is 11.8 Å². The molecule has 0 bridgehead atoms. The van der Waals surface area contributed by atoms with Crippen LogP contribution in [0.2, 0.25) is 0 Å². The van der Waals surface area contributed by atoms with Gasteiger partial charge in [0.2, 0.25) is 5.91 Å². The van der Waals surface area contributed by atoms with Crippen molar-refractivity contribution in [3.05, 3.63) is 59.7 Å². The van der Waals surface area contributed by atoms with Gasteiger partial charge in [-0.1, -0.05) is 51.1 Å². The van der Waals surface area contributed by atoms with E-state index >= 15 is 0 Å². The fourth-order valence-electron chi connectivity index (χ4n) is 3.50. The van der Waals surface area contributed by atoms with E-state index in [1.807, 2.05) is 30.3 Å². The van der Waals surface area contributed by atoms with E-state index in [2.05, 4.69) is 5.32 Å². The van der Waals surface area contributed by atoms with Crippen LogP contribution >= 0.6 is 0 Å². The van der Waals surface area contributed by atoms with Crippen LogP contribution in [0.4, 0.5) is 0 Å². The smallest absolute Gasteiger partial charge is 0.267 e. The van der Waals surface area contributed by atoms with Crippen molar-refractivity contribution in [2.45, 2.75) is 39.8 Å². The molecule has 3 amide bonds. The minimum atomic E-state index is -0.988. The third-order valence-electron chi connectivity index (χ3n) is 5.69. The number of fused-ring (bicyclic) bond motifs is 1. The number of rotatable bonds is 8. The zero-order valence-electron chi connectivity index (χ0n) is 20.0. The Kier molecular flexibility index (Phi) is 8.79. The lowest BCUT2D eigenvalue weighted by Crippen LogP contribution is -2.53. The highest BCUT2D eigenvalue weighted by Gasteiger charge is 2.36. The second kappa shape index (κ2) is 11.8. The summed E-state index contributed by atoms with van der Waals surface area (Å²) in [5.74, 6) is -1.98. The zero-order chi connectivity index (χ0) is 24.7. The molecule has 2 atom stereocenters. The van der Waals surface area contributed by atoms with E-state index in [0.29, 0.717) is 42.7 Å². The van der Waals surface area contributed by atoms with Gasteiger partial charge in [0.15, 0.2) is 11.5 Å². The first-order chi connectivity index (χ1) is 16.3. The third kappa shape index (κ3) is 6.21. The largest absolute Gasteiger partial charge is 0.490 e. The molecule has 2 aromatic rings. The molecule has 0 aromatic heterocycles. The molecule has 1 aliphatic heterocycles. The summed E-state index contributed by atoms with van der Waals surface area (Å²) in [6, 6.07) is 13.4. The van der Waals surface area contributed by atoms with Gasteiger partial charge in [-0.05, 0) is 29.7 Å². The standard InChI is InChI=1S/C26H33N3O5/c1-17(2)23(27)26(32)29(24(30)18(3)15-28-16-19-8-5-4-6-9-19)25(31)20-10-11-21-22(14-20)34-13-7-12-33-21/h4-6,8-11,14,17-18,23,28H,7,12-13,15-16,27H2,1-3H3/t18?,23-/m0/s1. The average Bonchev–Trinajstić information content (AvgIpc) is 3.08. The Hall–Kier alpha value is -3.23. The first-order valence-corrected chi connectivity index (χ1v) is 11.6. The van der Waals surface area contributed by atoms with Crippen molar-refractivity contribution in [1.29, 1.82) is 0 Å². The number of carbonyl (C=O) groups is 3. The number of amides is 3. The number of nitrogens with zero attached hydrogens (tertiary/aromatic N) is 1. The van der Waals surface area contributed by atoms with Gasteiger partial charge in [-0.15, -0.1) is 0 Å². The number of nitrogens with one attached hydrogen (secondary N) is 1. The van der Waals surface area contributed by atoms with Crippen LogP contribution < -0.4 is 20.5 Å². The Morgan fingerprint density at radius 1 is 0.971 bits per heavy atom. The molecule has 2 aromatic carbocycles. The Labute approximate surface area is 200 Å². The van der Waals surface area contributed by atoms with E-state index in [4.69, 9.17) is 15.2 Å². The lowest BCUT2D eigenvalue weighted by molar-refractivity contribution is -0.144. The summed E-state index contributed by atoms with van der Waals surface area (Å²) in [6.07, 6.45) is 0.720. The summed E-state index contributed by atoms with van der Waals surface area (Å²) < 4.78 is 11.3. The van der Waals surface area contributed by atoms with Crippen molar-refractivity contribution in [3.8, 4) is 11.5 Å². The molecular weight excluding hydrogens is 434 g/mol. The summed E-state index contributed by atoms with van der Waals surface area (Å²) in [6.45, 7) is 7.05. The molecule has 0 spiro atoms. The second-order valence-corrected chi connectivity index (χ2v) is 8.82. The Balaban J connectivity index is 1.80. The molecule has 3 rings (SSSR count). The summed E-state index contributed by atoms with van der Waals surface area (Å²) in [7, 11) is 0. The maximum atomic E-state index is 13.4. The number of hydrogen-bond acceptors (Lipinski definition) is 7. The molecule has 182 valence electrons. The summed E-state index contributed by atoms with van der Waals surface area (Å²) >= 11 is 0. The van der Waals surface area contributed by atoms with Crippen LogP contribution in [0.25, 0.3) is 0 Å². The van der Waals surface area contributed by atoms with Gasteiger partial charge < -0.3 is 20.5 Å². The van der Waals surface area contributed by atoms with Gasteiger partial charge in [0.05, 0.1) is 19.3 Å². The number of nitrogens with two attached hydrogens (primary N) is 1. The first kappa shape index (κ1) is 25.4. The molecule has 3 N–H and O–H groups in total. The van der Waals surface area contributed by atoms with E-state index in [-0.39, 0.29) is 11.5 Å². The molecule has 0 radical (unpaired) electrons. The molecule has 0 fully saturated rings. The van der Waals surface area contributed by atoms with Crippen LogP contribution in [-0.2, 0) is 16.1 Å². The summed E-state index contributed by atoms with van der Waals surface area (Å²) in [4.78, 5) is 40.6. The zero-order valence-corrected chi connectivity index (χ0v) is 20.0. The van der Waals surface area contributed by atoms with Crippen LogP contribution in [0.15, 0.2) is 48.5 Å². The maximum Gasteiger partial charge on any atom is 0.267 e. The van der Waals surface area contributed by atoms with Crippen LogP contribution in [0.5, 0.6) is 11.5 Å². The molecule has 1 aliphatic rings. The van der Waals surface area contributed by atoms with Crippen molar-refractivity contribution in [1.82, 2.24) is 10.2 Å². The quantitative estimate of drug-likeness (QED) is 0.614. The predicted molar refractivity (Wildman–Crippen MR) is 128 cm³/mol. The SMILES string of the molecule is CC(CNCc1ccccc1)C(=O)N(C(=O)c1ccc2c(c1)OCCCO2)C(=O)[C@@H](N)C(C)C. The number of benzene rings is 2. The van der Waals surface area contributed by atoms with E-state index in [1.54, 1.807) is 26.8 Å². The number of hydrogen-bond donors (Lipinski definition) is 2. The van der Waals surface area contributed by atoms with Crippen molar-refractivity contribution in [2.75, 3.05) is 19.8 Å². The van der Waals surface area contributed by atoms with Crippen molar-refractivity contribution < 1.29 is 23.9 Å². The average molecular weight is 468 g/mol. The molecule has 8 nitrogen and oxygen atoms in total. The molecule has 34 heavy (non-hydrogen) atoms. The van der Waals surface area contributed by atoms with Gasteiger partial charge in [-0.2, -0.15) is 0 Å². The minimum Gasteiger partial charge on any atom is -0.490 e. The van der Waals surface area contributed by atoms with Crippen molar-refractivity contribution in [2.24, 2.45) is 17.6 Å². The number of carbonyl (C=O) groups excluding carboxylic acids is 3. The highest BCUT2D eigenvalue weighted by molar-refractivity contribution is 6.18. The fraction of sp³-hybridized carbons (Fsp3) is 0.423. The van der Waals surface area contributed by atoms with E-state index < -0.39 is 29.7 Å². The minimum absolute atomic E-state index is 0.159. The third-order valence-corrected chi connectivity index (χ3v) is 5.69. The highest BCUT2D eigenvalue weighted by Crippen LogP contribution is 2.31. The Bertz CT molecular complexity index is 1010. The lowest BCUT2D eigenvalue weighted by Gasteiger charge is -2.27. The second-order valence-electron chi connectivity index (χ2n) is 8.82. The Morgan fingerprint density at radius 3 is 2.32 bits per heavy atom. The molecule has 1 unspecified atom stereocenters. The first-order valence-electron chi connectivity index (χ1n) is 11.6. The normalized spacial score (nSPS) is 14.7. The molecule has 0 saturated carbocycles. The Morgan fingerprint density at radius 2 is 1.65 bits per heavy atom. The van der Waals surface area contributed by atoms with E-state index in [0.717, 1.165) is 12.0 Å². The summed E-state index contributed by atoms with van der Waals surface area (Å²) in [5, 5.41) is 3.22. The molecule has 1 heterocycles. The van der Waals surface area contributed by atoms with Gasteiger partial charge in [0.25, 0.3) is 11.8 Å². The molecular formula is C26H33N3O5. The number of imide groups is 3. The summed E-state index contributed by atoms with van der Waals surface area (Å²) in [5.41, 5.74) is 7.29. The van der Waals surface area contributed by atoms with Gasteiger partial charge in [0.1, 0.15) is 0 Å². The van der Waals surface area contributed by atoms with Crippen LogP contribution in [0.3, 0.4) is 0 Å². The van der Waals surface area contributed by atoms with Gasteiger partial charge >= 0.3 is 0 Å². The van der Waals surface area contributed by atoms with E-state index in [9.17, 15) is 14.4 Å². The van der Waals surface area contributed by atoms with Gasteiger partial charge in [-0.3, -0.25) is 14.4 Å².